The van der Waals surface area contributed by atoms with Crippen LogP contribution in [0.3, 0.4) is 0 Å². The molecule has 0 saturated heterocycles. The molecule has 0 aliphatic carbocycles. The molecule has 1 unspecified atom stereocenters. The maximum atomic E-state index is 11.6. The van der Waals surface area contributed by atoms with E-state index in [2.05, 4.69) is 30.7 Å². The molecule has 0 heterocycles. The monoisotopic (exact) mass is 472 g/mol. The van der Waals surface area contributed by atoms with Gasteiger partial charge in [0.25, 0.3) is 0 Å². The van der Waals surface area contributed by atoms with Crippen molar-refractivity contribution in [3.63, 3.8) is 0 Å². The Hall–Kier alpha value is -0.770. The van der Waals surface area contributed by atoms with Crippen LogP contribution in [0.15, 0.2) is 4.52 Å². The zero-order valence-electron chi connectivity index (χ0n) is 17.5. The predicted octanol–water partition coefficient (Wildman–Crippen LogP) is 0.990. The number of nitrogens with zero attached hydrogens (tertiary/aromatic N) is 1. The summed E-state index contributed by atoms with van der Waals surface area (Å²) in [5.41, 5.74) is 0. The van der Waals surface area contributed by atoms with E-state index in [0.717, 1.165) is 13.0 Å². The van der Waals surface area contributed by atoms with Crippen molar-refractivity contribution >= 4 is 29.9 Å². The highest BCUT2D eigenvalue weighted by Gasteiger charge is 2.02. The second kappa shape index (κ2) is 24.5. The minimum absolute atomic E-state index is 0.0158. The first kappa shape index (κ1) is 29.2. The maximum Gasteiger partial charge on any atom is 0.341 e. The highest BCUT2D eigenvalue weighted by molar-refractivity contribution is 7.31. The van der Waals surface area contributed by atoms with Crippen molar-refractivity contribution < 1.29 is 42.5 Å². The number of rotatable bonds is 22. The van der Waals surface area contributed by atoms with Gasteiger partial charge in [-0.3, -0.25) is 4.79 Å². The van der Waals surface area contributed by atoms with Gasteiger partial charge in [-0.1, -0.05) is 6.92 Å². The lowest BCUT2D eigenvalue weighted by Gasteiger charge is -2.08. The minimum atomic E-state index is -0.486. The number of nitrogens with one attached hydrogen (secondary N) is 1. The zero-order valence-corrected chi connectivity index (χ0v) is 19.6. The van der Waals surface area contributed by atoms with Crippen molar-refractivity contribution in [1.29, 1.82) is 0 Å². The number of ether oxygens (including phenoxy) is 6. The molecule has 0 saturated carbocycles. The molecule has 1 atom stereocenters. The molecule has 0 rings (SSSR count). The summed E-state index contributed by atoms with van der Waals surface area (Å²) in [4.78, 5) is 22.7. The van der Waals surface area contributed by atoms with E-state index in [0.29, 0.717) is 59.4 Å². The summed E-state index contributed by atoms with van der Waals surface area (Å²) in [6.07, 6.45) is 0.990. The first-order valence-corrected chi connectivity index (χ1v) is 11.0. The fraction of sp³-hybridized carbons (Fsp3) is 0.882. The Morgan fingerprint density at radius 3 is 1.83 bits per heavy atom. The van der Waals surface area contributed by atoms with E-state index in [1.165, 1.54) is 0 Å². The first-order chi connectivity index (χ1) is 14.7. The van der Waals surface area contributed by atoms with Crippen LogP contribution in [0.4, 0.5) is 0 Å². The van der Waals surface area contributed by atoms with Gasteiger partial charge < -0.3 is 38.3 Å². The largest absolute Gasteiger partial charge is 0.387 e. The molecule has 0 aliphatic heterocycles. The Morgan fingerprint density at radius 2 is 1.27 bits per heavy atom. The number of hydrogen-bond donors (Lipinski definition) is 1. The van der Waals surface area contributed by atoms with Crippen molar-refractivity contribution in [1.82, 2.24) is 5.32 Å². The Bertz CT molecular complexity index is 445. The van der Waals surface area contributed by atoms with Gasteiger partial charge in [0.1, 0.15) is 13.2 Å². The van der Waals surface area contributed by atoms with E-state index in [1.54, 1.807) is 0 Å². The van der Waals surface area contributed by atoms with Crippen LogP contribution in [0, 0.1) is 0 Å². The molecule has 0 aliphatic rings. The van der Waals surface area contributed by atoms with Gasteiger partial charge in [-0.15, -0.1) is 0 Å². The van der Waals surface area contributed by atoms with Gasteiger partial charge in [0.2, 0.25) is 14.5 Å². The summed E-state index contributed by atoms with van der Waals surface area (Å²) >= 11 is 0. The van der Waals surface area contributed by atoms with Gasteiger partial charge >= 0.3 is 5.97 Å². The van der Waals surface area contributed by atoms with Gasteiger partial charge in [0.05, 0.1) is 59.5 Å². The van der Waals surface area contributed by atoms with Crippen molar-refractivity contribution in [3.05, 3.63) is 0 Å². The Labute approximate surface area is 182 Å². The minimum Gasteiger partial charge on any atom is -0.387 e. The Kier molecular flexibility index (Phi) is 23.9. The summed E-state index contributed by atoms with van der Waals surface area (Å²) in [5, 5.41) is 2.69. The maximum absolute atomic E-state index is 11.6. The van der Waals surface area contributed by atoms with Crippen LogP contribution in [-0.4, -0.2) is 97.7 Å². The Balaban J connectivity index is 3.22. The second-order valence-electron chi connectivity index (χ2n) is 5.57. The fourth-order valence-electron chi connectivity index (χ4n) is 1.75. The Morgan fingerprint density at radius 1 is 0.767 bits per heavy atom. The van der Waals surface area contributed by atoms with E-state index < -0.39 is 5.97 Å². The van der Waals surface area contributed by atoms with Crippen LogP contribution in [0.1, 0.15) is 13.3 Å². The predicted molar refractivity (Wildman–Crippen MR) is 113 cm³/mol. The van der Waals surface area contributed by atoms with Crippen LogP contribution in [0.5, 0.6) is 0 Å². The number of hydrogen-bond acceptors (Lipinski definition) is 10. The summed E-state index contributed by atoms with van der Waals surface area (Å²) < 4.78 is 39.7. The SMILES string of the molecule is CCCOCCOCCOCC(=O)NCCOCCOCCOCC(=O)OP=NP. The highest BCUT2D eigenvalue weighted by Crippen LogP contribution is 2.05. The number of amides is 1. The van der Waals surface area contributed by atoms with E-state index in [1.807, 2.05) is 0 Å². The molecule has 0 aromatic carbocycles. The van der Waals surface area contributed by atoms with Crippen LogP contribution in [0.25, 0.3) is 0 Å². The van der Waals surface area contributed by atoms with Gasteiger partial charge in [-0.25, -0.2) is 9.31 Å². The molecule has 30 heavy (non-hydrogen) atoms. The van der Waals surface area contributed by atoms with Crippen LogP contribution in [-0.2, 0) is 42.5 Å². The molecule has 1 N–H and O–H groups in total. The van der Waals surface area contributed by atoms with Crippen LogP contribution >= 0.6 is 18.0 Å². The highest BCUT2D eigenvalue weighted by atomic mass is 31.1. The quantitative estimate of drug-likeness (QED) is 0.182. The van der Waals surface area contributed by atoms with Crippen molar-refractivity contribution in [3.8, 4) is 0 Å². The molecule has 0 spiro atoms. The van der Waals surface area contributed by atoms with Crippen molar-refractivity contribution in [2.45, 2.75) is 13.3 Å². The molecule has 0 aromatic heterocycles. The molecular formula is C17H34N2O9P2. The first-order valence-electron chi connectivity index (χ1n) is 9.74. The zero-order chi connectivity index (χ0) is 22.1. The molecule has 0 fully saturated rings. The molecule has 0 bridgehead atoms. The third-order valence-corrected chi connectivity index (χ3v) is 3.71. The topological polar surface area (TPSA) is 123 Å². The van der Waals surface area contributed by atoms with E-state index in [-0.39, 0.29) is 34.3 Å². The van der Waals surface area contributed by atoms with Gasteiger partial charge in [0, 0.05) is 13.2 Å². The fourth-order valence-corrected chi connectivity index (χ4v) is 2.09. The molecule has 11 nitrogen and oxygen atoms in total. The summed E-state index contributed by atoms with van der Waals surface area (Å²) in [5.74, 6) is -0.692. The average Bonchev–Trinajstić information content (AvgIpc) is 2.74. The molecular weight excluding hydrogens is 438 g/mol. The van der Waals surface area contributed by atoms with E-state index in [4.69, 9.17) is 28.4 Å². The molecule has 1 amide bonds. The van der Waals surface area contributed by atoms with Crippen molar-refractivity contribution in [2.24, 2.45) is 4.52 Å². The third kappa shape index (κ3) is 23.5. The van der Waals surface area contributed by atoms with Crippen molar-refractivity contribution in [2.75, 3.05) is 85.8 Å². The summed E-state index contributed by atoms with van der Waals surface area (Å²) in [7, 11) is 2.31. The smallest absolute Gasteiger partial charge is 0.341 e. The lowest BCUT2D eigenvalue weighted by Crippen LogP contribution is -2.31. The van der Waals surface area contributed by atoms with Gasteiger partial charge in [-0.2, -0.15) is 0 Å². The standard InChI is InChI=1S/C17H34N2O9P2/c1-2-4-22-6-8-24-10-12-26-14-16(20)18-3-5-23-7-9-25-11-13-27-15-17(21)28-30-19-29/h2-15,29H2,1H3,(H,18,20). The molecule has 176 valence electrons. The van der Waals surface area contributed by atoms with Gasteiger partial charge in [0.15, 0.2) is 0 Å². The normalized spacial score (nSPS) is 11.1. The second-order valence-corrected chi connectivity index (χ2v) is 6.83. The van der Waals surface area contributed by atoms with Crippen LogP contribution < -0.4 is 5.32 Å². The van der Waals surface area contributed by atoms with Crippen LogP contribution in [0.2, 0.25) is 0 Å². The van der Waals surface area contributed by atoms with Gasteiger partial charge in [-0.05, 0) is 15.8 Å². The molecule has 0 radical (unpaired) electrons. The number of carbonyl (C=O) groups is 2. The lowest BCUT2D eigenvalue weighted by molar-refractivity contribution is -0.139. The molecule has 13 heteroatoms. The average molecular weight is 472 g/mol. The summed E-state index contributed by atoms with van der Waals surface area (Å²) in [6, 6.07) is 0. The summed E-state index contributed by atoms with van der Waals surface area (Å²) in [6.45, 7) is 6.66. The van der Waals surface area contributed by atoms with E-state index in [9.17, 15) is 9.59 Å². The number of carbonyl (C=O) groups excluding carboxylic acids is 2. The molecule has 0 aromatic rings. The third-order valence-electron chi connectivity index (χ3n) is 3.05. The van der Waals surface area contributed by atoms with E-state index >= 15 is 0 Å². The lowest BCUT2D eigenvalue weighted by atomic mass is 10.5.